The number of aromatic nitrogens is 1. The summed E-state index contributed by atoms with van der Waals surface area (Å²) in [7, 11) is 2.02. The molecule has 3 heteroatoms. The highest BCUT2D eigenvalue weighted by atomic mass is 127. The second kappa shape index (κ2) is 6.91. The van der Waals surface area contributed by atoms with Crippen LogP contribution in [-0.2, 0) is 7.05 Å². The molecule has 88 valence electrons. The van der Waals surface area contributed by atoms with Gasteiger partial charge in [-0.15, -0.1) is 0 Å². The van der Waals surface area contributed by atoms with E-state index in [-0.39, 0.29) is 24.0 Å². The summed E-state index contributed by atoms with van der Waals surface area (Å²) in [6.07, 6.45) is 8.30. The molecule has 0 aliphatic rings. The quantitative estimate of drug-likeness (QED) is 0.508. The third-order valence-electron chi connectivity index (χ3n) is 2.36. The lowest BCUT2D eigenvalue weighted by molar-refractivity contribution is -0.671. The van der Waals surface area contributed by atoms with Crippen LogP contribution in [0.4, 0.5) is 0 Å². The number of nitrogens with zero attached hydrogens (tertiary/aromatic N) is 1. The molecule has 0 saturated heterocycles. The molecule has 17 heavy (non-hydrogen) atoms. The average molecular weight is 402 g/mol. The minimum Gasteiger partial charge on any atom is -1.00 e. The fraction of sp³-hybridized carbons (Fsp3) is 0.0714. The van der Waals surface area contributed by atoms with Gasteiger partial charge in [-0.2, -0.15) is 0 Å². The maximum Gasteiger partial charge on any atom is 0.169 e. The van der Waals surface area contributed by atoms with E-state index in [1.165, 1.54) is 11.1 Å². The minimum absolute atomic E-state index is 0. The van der Waals surface area contributed by atoms with E-state index in [2.05, 4.69) is 46.3 Å². The lowest BCUT2D eigenvalue weighted by atomic mass is 10.1. The summed E-state index contributed by atoms with van der Waals surface area (Å²) in [5.41, 5.74) is 2.39. The predicted octanol–water partition coefficient (Wildman–Crippen LogP) is 0.448. The first-order valence-electron chi connectivity index (χ1n) is 5.13. The topological polar surface area (TPSA) is 3.88 Å². The van der Waals surface area contributed by atoms with E-state index in [1.807, 2.05) is 42.2 Å². The number of benzene rings is 1. The Bertz CT molecular complexity index is 506. The highest BCUT2D eigenvalue weighted by molar-refractivity contribution is 9.10. The molecule has 0 spiro atoms. The van der Waals surface area contributed by atoms with Crippen molar-refractivity contribution in [1.29, 1.82) is 0 Å². The molecule has 0 N–H and O–H groups in total. The molecular formula is C14H13BrIN. The van der Waals surface area contributed by atoms with Crippen molar-refractivity contribution in [2.45, 2.75) is 0 Å². The molecule has 2 aromatic rings. The van der Waals surface area contributed by atoms with Gasteiger partial charge in [0.15, 0.2) is 12.4 Å². The average Bonchev–Trinajstić information content (AvgIpc) is 2.30. The second-order valence-corrected chi connectivity index (χ2v) is 4.51. The zero-order valence-corrected chi connectivity index (χ0v) is 13.2. The molecule has 0 atom stereocenters. The van der Waals surface area contributed by atoms with Crippen molar-refractivity contribution in [2.24, 2.45) is 7.05 Å². The van der Waals surface area contributed by atoms with Gasteiger partial charge in [-0.3, -0.25) is 0 Å². The van der Waals surface area contributed by atoms with Gasteiger partial charge in [0.1, 0.15) is 7.05 Å². The third-order valence-corrected chi connectivity index (χ3v) is 3.09. The zero-order chi connectivity index (χ0) is 11.4. The number of hydrogen-bond donors (Lipinski definition) is 0. The number of hydrogen-bond acceptors (Lipinski definition) is 0. The van der Waals surface area contributed by atoms with Gasteiger partial charge in [-0.25, -0.2) is 4.57 Å². The van der Waals surface area contributed by atoms with Gasteiger partial charge in [0, 0.05) is 16.6 Å². The molecule has 1 nitrogen and oxygen atoms in total. The first-order chi connectivity index (χ1) is 7.75. The monoisotopic (exact) mass is 401 g/mol. The van der Waals surface area contributed by atoms with Crippen LogP contribution >= 0.6 is 15.9 Å². The number of rotatable bonds is 2. The third kappa shape index (κ3) is 4.24. The van der Waals surface area contributed by atoms with Gasteiger partial charge < -0.3 is 24.0 Å². The van der Waals surface area contributed by atoms with Crippen LogP contribution in [0.3, 0.4) is 0 Å². The summed E-state index contributed by atoms with van der Waals surface area (Å²) in [5.74, 6) is 0. The smallest absolute Gasteiger partial charge is 0.169 e. The fourth-order valence-corrected chi connectivity index (χ4v) is 1.84. The van der Waals surface area contributed by atoms with Crippen LogP contribution in [-0.4, -0.2) is 0 Å². The highest BCUT2D eigenvalue weighted by Gasteiger charge is 1.94. The predicted molar refractivity (Wildman–Crippen MR) is 70.7 cm³/mol. The van der Waals surface area contributed by atoms with E-state index >= 15 is 0 Å². The van der Waals surface area contributed by atoms with Crippen LogP contribution < -0.4 is 28.5 Å². The van der Waals surface area contributed by atoms with E-state index in [4.69, 9.17) is 0 Å². The van der Waals surface area contributed by atoms with Crippen LogP contribution in [0.1, 0.15) is 11.1 Å². The Morgan fingerprint density at radius 2 is 1.65 bits per heavy atom. The molecule has 0 unspecified atom stereocenters. The van der Waals surface area contributed by atoms with Crippen LogP contribution in [0.5, 0.6) is 0 Å². The van der Waals surface area contributed by atoms with Crippen molar-refractivity contribution in [3.63, 3.8) is 0 Å². The molecule has 2 rings (SSSR count). The lowest BCUT2D eigenvalue weighted by Crippen LogP contribution is -3.00. The molecule has 0 radical (unpaired) electrons. The summed E-state index contributed by atoms with van der Waals surface area (Å²) in [4.78, 5) is 0. The van der Waals surface area contributed by atoms with E-state index in [0.29, 0.717) is 0 Å². The SMILES string of the molecule is C[n+]1ccc(/C=C\c2ccccc2Br)cc1.[I-]. The molecule has 0 aliphatic heterocycles. The molecule has 1 aromatic heterocycles. The van der Waals surface area contributed by atoms with Crippen molar-refractivity contribution in [3.8, 4) is 0 Å². The fourth-order valence-electron chi connectivity index (χ4n) is 1.42. The van der Waals surface area contributed by atoms with E-state index in [0.717, 1.165) is 4.47 Å². The van der Waals surface area contributed by atoms with Crippen molar-refractivity contribution < 1.29 is 28.5 Å². The summed E-state index contributed by atoms with van der Waals surface area (Å²) < 4.78 is 3.14. The number of pyridine rings is 1. The van der Waals surface area contributed by atoms with Gasteiger partial charge in [0.05, 0.1) is 0 Å². The van der Waals surface area contributed by atoms with Gasteiger partial charge in [-0.1, -0.05) is 46.3 Å². The number of aryl methyl sites for hydroxylation is 1. The highest BCUT2D eigenvalue weighted by Crippen LogP contribution is 2.18. The molecule has 0 amide bonds. The molecule has 1 aromatic carbocycles. The number of halogens is 2. The Morgan fingerprint density at radius 3 is 2.29 bits per heavy atom. The molecule has 0 aliphatic carbocycles. The lowest BCUT2D eigenvalue weighted by Gasteiger charge is -1.96. The zero-order valence-electron chi connectivity index (χ0n) is 9.48. The Balaban J connectivity index is 0.00000144. The maximum absolute atomic E-state index is 3.53. The van der Waals surface area contributed by atoms with Crippen molar-refractivity contribution in [1.82, 2.24) is 0 Å². The standard InChI is InChI=1S/C14H13BrN.HI/c1-16-10-8-12(9-11-16)6-7-13-4-2-3-5-14(13)15;/h2-11H,1H3;1H/q+1;/p-1/b7-6-;. The molecule has 0 bridgehead atoms. The van der Waals surface area contributed by atoms with Crippen LogP contribution in [0.15, 0.2) is 53.3 Å². The second-order valence-electron chi connectivity index (χ2n) is 3.65. The van der Waals surface area contributed by atoms with Crippen molar-refractivity contribution in [2.75, 3.05) is 0 Å². The maximum atomic E-state index is 3.53. The summed E-state index contributed by atoms with van der Waals surface area (Å²) in [5, 5.41) is 0. The summed E-state index contributed by atoms with van der Waals surface area (Å²) in [6.45, 7) is 0. The van der Waals surface area contributed by atoms with Crippen LogP contribution in [0.25, 0.3) is 12.2 Å². The largest absolute Gasteiger partial charge is 1.00 e. The van der Waals surface area contributed by atoms with Gasteiger partial charge in [0.25, 0.3) is 0 Å². The minimum atomic E-state index is 0. The Morgan fingerprint density at radius 1 is 1.00 bits per heavy atom. The summed E-state index contributed by atoms with van der Waals surface area (Å²) >= 11 is 3.53. The Labute approximate surface area is 127 Å². The summed E-state index contributed by atoms with van der Waals surface area (Å²) in [6, 6.07) is 12.4. The Kier molecular flexibility index (Phi) is 5.85. The molecule has 0 saturated carbocycles. The van der Waals surface area contributed by atoms with Gasteiger partial charge in [-0.05, 0) is 17.2 Å². The molecular weight excluding hydrogens is 389 g/mol. The molecule has 0 fully saturated rings. The van der Waals surface area contributed by atoms with Crippen molar-refractivity contribution in [3.05, 3.63) is 64.4 Å². The first-order valence-corrected chi connectivity index (χ1v) is 5.93. The van der Waals surface area contributed by atoms with Gasteiger partial charge in [0.2, 0.25) is 0 Å². The molecule has 1 heterocycles. The van der Waals surface area contributed by atoms with Crippen LogP contribution in [0.2, 0.25) is 0 Å². The normalized spacial score (nSPS) is 10.2. The van der Waals surface area contributed by atoms with E-state index in [9.17, 15) is 0 Å². The van der Waals surface area contributed by atoms with E-state index in [1.54, 1.807) is 0 Å². The Hall–Kier alpha value is -0.680. The van der Waals surface area contributed by atoms with E-state index < -0.39 is 0 Å². The first kappa shape index (κ1) is 14.4. The van der Waals surface area contributed by atoms with Gasteiger partial charge >= 0.3 is 0 Å². The van der Waals surface area contributed by atoms with Crippen LogP contribution in [0, 0.1) is 0 Å². The van der Waals surface area contributed by atoms with Crippen molar-refractivity contribution >= 4 is 28.1 Å².